The highest BCUT2D eigenvalue weighted by molar-refractivity contribution is 5.84. The lowest BCUT2D eigenvalue weighted by molar-refractivity contribution is -0.134. The molecule has 0 aliphatic carbocycles. The fourth-order valence-electron chi connectivity index (χ4n) is 2.22. The van der Waals surface area contributed by atoms with Crippen molar-refractivity contribution in [1.82, 2.24) is 10.2 Å². The zero-order chi connectivity index (χ0) is 13.0. The van der Waals surface area contributed by atoms with E-state index in [1.54, 1.807) is 4.90 Å². The SMILES string of the molecule is CC(C(=O)N1CCNCC1C#N)c1ccccc1. The summed E-state index contributed by atoms with van der Waals surface area (Å²) in [6.45, 7) is 3.82. The van der Waals surface area contributed by atoms with Gasteiger partial charge in [-0.15, -0.1) is 0 Å². The van der Waals surface area contributed by atoms with Crippen LogP contribution in [0.15, 0.2) is 30.3 Å². The first kappa shape index (κ1) is 12.6. The van der Waals surface area contributed by atoms with Gasteiger partial charge in [-0.05, 0) is 12.5 Å². The maximum absolute atomic E-state index is 12.4. The van der Waals surface area contributed by atoms with Gasteiger partial charge in [0.2, 0.25) is 5.91 Å². The second-order valence-electron chi connectivity index (χ2n) is 4.51. The number of nitriles is 1. The molecule has 1 fully saturated rings. The molecule has 4 heteroatoms. The fraction of sp³-hybridized carbons (Fsp3) is 0.429. The summed E-state index contributed by atoms with van der Waals surface area (Å²) >= 11 is 0. The smallest absolute Gasteiger partial charge is 0.230 e. The van der Waals surface area contributed by atoms with Crippen molar-refractivity contribution in [2.75, 3.05) is 19.6 Å². The lowest BCUT2D eigenvalue weighted by Gasteiger charge is -2.33. The quantitative estimate of drug-likeness (QED) is 0.846. The van der Waals surface area contributed by atoms with Gasteiger partial charge in [-0.2, -0.15) is 5.26 Å². The van der Waals surface area contributed by atoms with Crippen LogP contribution >= 0.6 is 0 Å². The van der Waals surface area contributed by atoms with Gasteiger partial charge in [0, 0.05) is 19.6 Å². The van der Waals surface area contributed by atoms with Crippen molar-refractivity contribution >= 4 is 5.91 Å². The third-order valence-corrected chi connectivity index (χ3v) is 3.35. The molecule has 1 aromatic rings. The molecule has 4 nitrogen and oxygen atoms in total. The van der Waals surface area contributed by atoms with E-state index in [-0.39, 0.29) is 17.9 Å². The van der Waals surface area contributed by atoms with Crippen LogP contribution in [0.5, 0.6) is 0 Å². The molecule has 2 unspecified atom stereocenters. The Morgan fingerprint density at radius 2 is 2.22 bits per heavy atom. The Morgan fingerprint density at radius 3 is 2.89 bits per heavy atom. The molecular weight excluding hydrogens is 226 g/mol. The number of hydrogen-bond acceptors (Lipinski definition) is 3. The molecule has 0 bridgehead atoms. The predicted molar refractivity (Wildman–Crippen MR) is 68.8 cm³/mol. The number of hydrogen-bond donors (Lipinski definition) is 1. The van der Waals surface area contributed by atoms with Crippen molar-refractivity contribution < 1.29 is 4.79 Å². The molecule has 0 saturated carbocycles. The number of amides is 1. The van der Waals surface area contributed by atoms with Crippen LogP contribution < -0.4 is 5.32 Å². The maximum atomic E-state index is 12.4. The highest BCUT2D eigenvalue weighted by Gasteiger charge is 2.29. The summed E-state index contributed by atoms with van der Waals surface area (Å²) in [5.74, 6) is -0.158. The van der Waals surface area contributed by atoms with Gasteiger partial charge in [-0.1, -0.05) is 30.3 Å². The maximum Gasteiger partial charge on any atom is 0.230 e. The summed E-state index contributed by atoms with van der Waals surface area (Å²) in [4.78, 5) is 14.1. The van der Waals surface area contributed by atoms with Gasteiger partial charge < -0.3 is 10.2 Å². The van der Waals surface area contributed by atoms with Gasteiger partial charge in [0.1, 0.15) is 6.04 Å². The molecule has 18 heavy (non-hydrogen) atoms. The Bertz CT molecular complexity index is 452. The van der Waals surface area contributed by atoms with E-state index in [9.17, 15) is 4.79 Å². The largest absolute Gasteiger partial charge is 0.324 e. The summed E-state index contributed by atoms with van der Waals surface area (Å²) in [6, 6.07) is 11.5. The molecule has 2 atom stereocenters. The fourth-order valence-corrected chi connectivity index (χ4v) is 2.22. The normalized spacial score (nSPS) is 21.1. The van der Waals surface area contributed by atoms with E-state index in [0.717, 1.165) is 12.1 Å². The second-order valence-corrected chi connectivity index (χ2v) is 4.51. The first-order valence-corrected chi connectivity index (χ1v) is 6.20. The summed E-state index contributed by atoms with van der Waals surface area (Å²) in [6.07, 6.45) is 0. The molecule has 1 saturated heterocycles. The summed E-state index contributed by atoms with van der Waals surface area (Å²) in [5.41, 5.74) is 0.998. The zero-order valence-corrected chi connectivity index (χ0v) is 10.5. The molecule has 2 rings (SSSR count). The third-order valence-electron chi connectivity index (χ3n) is 3.35. The number of piperazine rings is 1. The van der Waals surface area contributed by atoms with Crippen LogP contribution in [0.25, 0.3) is 0 Å². The first-order valence-electron chi connectivity index (χ1n) is 6.20. The molecule has 0 radical (unpaired) electrons. The van der Waals surface area contributed by atoms with Gasteiger partial charge in [0.15, 0.2) is 0 Å². The molecule has 1 heterocycles. The molecular formula is C14H17N3O. The molecule has 1 aliphatic rings. The summed E-state index contributed by atoms with van der Waals surface area (Å²) < 4.78 is 0. The Balaban J connectivity index is 2.13. The van der Waals surface area contributed by atoms with Crippen LogP contribution in [-0.2, 0) is 4.79 Å². The second kappa shape index (κ2) is 5.65. The molecule has 1 aromatic carbocycles. The van der Waals surface area contributed by atoms with Crippen LogP contribution in [0, 0.1) is 11.3 Å². The minimum Gasteiger partial charge on any atom is -0.324 e. The van der Waals surface area contributed by atoms with Crippen molar-refractivity contribution in [3.63, 3.8) is 0 Å². The Kier molecular flexibility index (Phi) is 3.96. The van der Waals surface area contributed by atoms with Gasteiger partial charge in [-0.3, -0.25) is 4.79 Å². The lowest BCUT2D eigenvalue weighted by atomic mass is 9.98. The number of benzene rings is 1. The number of nitrogens with zero attached hydrogens (tertiary/aromatic N) is 2. The number of rotatable bonds is 2. The first-order chi connectivity index (χ1) is 8.74. The third kappa shape index (κ3) is 2.52. The molecule has 1 aliphatic heterocycles. The summed E-state index contributed by atoms with van der Waals surface area (Å²) in [5, 5.41) is 12.2. The highest BCUT2D eigenvalue weighted by atomic mass is 16.2. The van der Waals surface area contributed by atoms with Crippen LogP contribution in [-0.4, -0.2) is 36.5 Å². The van der Waals surface area contributed by atoms with E-state index < -0.39 is 0 Å². The monoisotopic (exact) mass is 243 g/mol. The average molecular weight is 243 g/mol. The van der Waals surface area contributed by atoms with E-state index in [4.69, 9.17) is 5.26 Å². The number of nitrogens with one attached hydrogen (secondary N) is 1. The van der Waals surface area contributed by atoms with Crippen molar-refractivity contribution in [3.05, 3.63) is 35.9 Å². The van der Waals surface area contributed by atoms with Crippen molar-refractivity contribution in [3.8, 4) is 6.07 Å². The molecule has 0 spiro atoms. The Labute approximate surface area is 107 Å². The lowest BCUT2D eigenvalue weighted by Crippen LogP contribution is -2.54. The van der Waals surface area contributed by atoms with Crippen molar-refractivity contribution in [2.24, 2.45) is 0 Å². The van der Waals surface area contributed by atoms with Crippen molar-refractivity contribution in [2.45, 2.75) is 18.9 Å². The number of carbonyl (C=O) groups excluding carboxylic acids is 1. The van der Waals surface area contributed by atoms with Crippen LogP contribution in [0.1, 0.15) is 18.4 Å². The molecule has 94 valence electrons. The van der Waals surface area contributed by atoms with E-state index in [1.165, 1.54) is 0 Å². The van der Waals surface area contributed by atoms with E-state index >= 15 is 0 Å². The minimum absolute atomic E-state index is 0.0363. The van der Waals surface area contributed by atoms with E-state index in [0.29, 0.717) is 13.1 Å². The van der Waals surface area contributed by atoms with Gasteiger partial charge in [0.25, 0.3) is 0 Å². The summed E-state index contributed by atoms with van der Waals surface area (Å²) in [7, 11) is 0. The Morgan fingerprint density at radius 1 is 1.50 bits per heavy atom. The van der Waals surface area contributed by atoms with Gasteiger partial charge >= 0.3 is 0 Å². The topological polar surface area (TPSA) is 56.1 Å². The van der Waals surface area contributed by atoms with E-state index in [2.05, 4.69) is 11.4 Å². The van der Waals surface area contributed by atoms with Crippen LogP contribution in [0.2, 0.25) is 0 Å². The van der Waals surface area contributed by atoms with Gasteiger partial charge in [0.05, 0.1) is 12.0 Å². The standard InChI is InChI=1S/C14H17N3O/c1-11(12-5-3-2-4-6-12)14(18)17-8-7-16-10-13(17)9-15/h2-6,11,13,16H,7-8,10H2,1H3. The minimum atomic E-state index is -0.350. The molecule has 0 aromatic heterocycles. The van der Waals surface area contributed by atoms with Crippen molar-refractivity contribution in [1.29, 1.82) is 5.26 Å². The van der Waals surface area contributed by atoms with Crippen LogP contribution in [0.4, 0.5) is 0 Å². The number of carbonyl (C=O) groups is 1. The predicted octanol–water partition coefficient (Wildman–Crippen LogP) is 1.11. The average Bonchev–Trinajstić information content (AvgIpc) is 2.46. The molecule has 1 amide bonds. The highest BCUT2D eigenvalue weighted by Crippen LogP contribution is 2.19. The molecule has 1 N–H and O–H groups in total. The van der Waals surface area contributed by atoms with Crippen LogP contribution in [0.3, 0.4) is 0 Å². The zero-order valence-electron chi connectivity index (χ0n) is 10.5. The van der Waals surface area contributed by atoms with E-state index in [1.807, 2.05) is 37.3 Å². The van der Waals surface area contributed by atoms with Gasteiger partial charge in [-0.25, -0.2) is 0 Å². The Hall–Kier alpha value is -1.86.